The molecule has 0 radical (unpaired) electrons. The lowest BCUT2D eigenvalue weighted by Crippen LogP contribution is -2.09. The fourth-order valence-electron chi connectivity index (χ4n) is 0.955. The van der Waals surface area contributed by atoms with Crippen LogP contribution in [0.3, 0.4) is 0 Å². The minimum Gasteiger partial charge on any atom is -0.420 e. The van der Waals surface area contributed by atoms with Crippen molar-refractivity contribution in [1.29, 1.82) is 0 Å². The molecule has 0 unspecified atom stereocenters. The third kappa shape index (κ3) is 1.93. The van der Waals surface area contributed by atoms with Crippen molar-refractivity contribution in [3.8, 4) is 5.75 Å². The van der Waals surface area contributed by atoms with Gasteiger partial charge in [-0.05, 0) is 6.92 Å². The van der Waals surface area contributed by atoms with Crippen molar-refractivity contribution < 1.29 is 27.1 Å². The van der Waals surface area contributed by atoms with E-state index in [0.29, 0.717) is 0 Å². The Morgan fingerprint density at radius 2 is 1.40 bits per heavy atom. The van der Waals surface area contributed by atoms with Gasteiger partial charge in [0.2, 0.25) is 17.4 Å². The van der Waals surface area contributed by atoms with Crippen LogP contribution in [0.5, 0.6) is 5.75 Å². The fourth-order valence-corrected chi connectivity index (χ4v) is 0.955. The number of benzene rings is 1. The molecule has 0 heterocycles. The van der Waals surface area contributed by atoms with Gasteiger partial charge in [0, 0.05) is 12.5 Å². The van der Waals surface area contributed by atoms with Gasteiger partial charge in [-0.25, -0.2) is 8.78 Å². The van der Waals surface area contributed by atoms with Crippen molar-refractivity contribution >= 4 is 5.97 Å². The van der Waals surface area contributed by atoms with E-state index >= 15 is 0 Å². The van der Waals surface area contributed by atoms with Crippen molar-refractivity contribution in [1.82, 2.24) is 0 Å². The Balaban J connectivity index is 3.45. The lowest BCUT2D eigenvalue weighted by Gasteiger charge is -2.08. The predicted octanol–water partition coefficient (Wildman–Crippen LogP) is 2.48. The van der Waals surface area contributed by atoms with Gasteiger partial charge in [0.05, 0.1) is 0 Å². The van der Waals surface area contributed by atoms with Crippen LogP contribution in [0, 0.1) is 30.2 Å². The normalized spacial score (nSPS) is 10.3. The molecule has 0 bridgehead atoms. The summed E-state index contributed by atoms with van der Waals surface area (Å²) in [5.74, 6) is -9.03. The zero-order chi connectivity index (χ0) is 11.7. The average Bonchev–Trinajstić information content (AvgIpc) is 2.18. The lowest BCUT2D eigenvalue weighted by atomic mass is 10.2. The molecule has 0 aromatic heterocycles. The van der Waals surface area contributed by atoms with Crippen LogP contribution < -0.4 is 4.74 Å². The van der Waals surface area contributed by atoms with Gasteiger partial charge in [0.1, 0.15) is 0 Å². The zero-order valence-electron chi connectivity index (χ0n) is 7.83. The van der Waals surface area contributed by atoms with Crippen LogP contribution in [0.25, 0.3) is 0 Å². The third-order valence-corrected chi connectivity index (χ3v) is 1.69. The van der Waals surface area contributed by atoms with Crippen molar-refractivity contribution in [3.05, 3.63) is 28.8 Å². The van der Waals surface area contributed by atoms with E-state index in [1.54, 1.807) is 0 Å². The Morgan fingerprint density at radius 3 is 1.73 bits per heavy atom. The molecule has 0 amide bonds. The van der Waals surface area contributed by atoms with Gasteiger partial charge in [-0.1, -0.05) is 0 Å². The Morgan fingerprint density at radius 1 is 1.00 bits per heavy atom. The van der Waals surface area contributed by atoms with E-state index in [2.05, 4.69) is 4.74 Å². The van der Waals surface area contributed by atoms with Crippen LogP contribution in [0.1, 0.15) is 12.5 Å². The summed E-state index contributed by atoms with van der Waals surface area (Å²) in [6, 6.07) is 0. The van der Waals surface area contributed by atoms with Crippen molar-refractivity contribution in [2.45, 2.75) is 13.8 Å². The molecular weight excluding hydrogens is 216 g/mol. The second kappa shape index (κ2) is 3.88. The highest BCUT2D eigenvalue weighted by Gasteiger charge is 2.25. The molecule has 1 rings (SSSR count). The van der Waals surface area contributed by atoms with E-state index in [9.17, 15) is 22.4 Å². The zero-order valence-corrected chi connectivity index (χ0v) is 7.83. The topological polar surface area (TPSA) is 26.3 Å². The summed E-state index contributed by atoms with van der Waals surface area (Å²) in [5.41, 5.74) is -0.805. The molecule has 6 heteroatoms. The molecule has 1 aromatic carbocycles. The number of carbonyl (C=O) groups is 1. The summed E-state index contributed by atoms with van der Waals surface area (Å²) < 4.78 is 55.9. The van der Waals surface area contributed by atoms with Crippen LogP contribution in [-0.2, 0) is 4.79 Å². The molecule has 15 heavy (non-hydrogen) atoms. The Kier molecular flexibility index (Phi) is 2.97. The van der Waals surface area contributed by atoms with Gasteiger partial charge < -0.3 is 4.74 Å². The fraction of sp³-hybridized carbons (Fsp3) is 0.222. The Labute approximate surface area is 82.5 Å². The van der Waals surface area contributed by atoms with E-state index < -0.39 is 40.6 Å². The minimum absolute atomic E-state index is 0.805. The number of ether oxygens (including phenoxy) is 1. The molecule has 0 aliphatic heterocycles. The summed E-state index contributed by atoms with van der Waals surface area (Å²) in [6.45, 7) is 1.73. The number of halogens is 4. The SMILES string of the molecule is CC(=O)Oc1c(F)c(F)c(C)c(F)c1F. The molecule has 0 atom stereocenters. The molecule has 0 fully saturated rings. The number of carbonyl (C=O) groups excluding carboxylic acids is 1. The van der Waals surface area contributed by atoms with Gasteiger partial charge in [-0.2, -0.15) is 8.78 Å². The Bertz CT molecular complexity index is 400. The standard InChI is InChI=1S/C9H6F4O2/c1-3-5(10)7(12)9(15-4(2)14)8(13)6(3)11/h1-2H3. The molecule has 0 spiro atoms. The molecule has 82 valence electrons. The summed E-state index contributed by atoms with van der Waals surface area (Å²) in [5, 5.41) is 0. The van der Waals surface area contributed by atoms with Crippen LogP contribution in [0.2, 0.25) is 0 Å². The highest BCUT2D eigenvalue weighted by Crippen LogP contribution is 2.29. The van der Waals surface area contributed by atoms with Crippen molar-refractivity contribution in [2.24, 2.45) is 0 Å². The second-order valence-electron chi connectivity index (χ2n) is 2.80. The second-order valence-corrected chi connectivity index (χ2v) is 2.80. The molecule has 0 saturated heterocycles. The van der Waals surface area contributed by atoms with Crippen molar-refractivity contribution in [3.63, 3.8) is 0 Å². The summed E-state index contributed by atoms with van der Waals surface area (Å²) in [6.07, 6.45) is 0. The highest BCUT2D eigenvalue weighted by atomic mass is 19.2. The molecule has 0 N–H and O–H groups in total. The van der Waals surface area contributed by atoms with E-state index in [0.717, 1.165) is 13.8 Å². The lowest BCUT2D eigenvalue weighted by molar-refractivity contribution is -0.132. The van der Waals surface area contributed by atoms with Crippen LogP contribution in [0.4, 0.5) is 17.6 Å². The number of rotatable bonds is 1. The molecular formula is C9H6F4O2. The number of esters is 1. The maximum absolute atomic E-state index is 13.0. The van der Waals surface area contributed by atoms with E-state index in [-0.39, 0.29) is 0 Å². The third-order valence-electron chi connectivity index (χ3n) is 1.69. The Hall–Kier alpha value is -1.59. The predicted molar refractivity (Wildman–Crippen MR) is 42.3 cm³/mol. The van der Waals surface area contributed by atoms with Crippen molar-refractivity contribution in [2.75, 3.05) is 0 Å². The first-order valence-corrected chi connectivity index (χ1v) is 3.87. The van der Waals surface area contributed by atoms with Crippen LogP contribution in [-0.4, -0.2) is 5.97 Å². The van der Waals surface area contributed by atoms with Gasteiger partial charge in [0.15, 0.2) is 11.6 Å². The van der Waals surface area contributed by atoms with E-state index in [1.807, 2.05) is 0 Å². The number of hydrogen-bond donors (Lipinski definition) is 0. The monoisotopic (exact) mass is 222 g/mol. The highest BCUT2D eigenvalue weighted by molar-refractivity contribution is 5.69. The first-order valence-electron chi connectivity index (χ1n) is 3.87. The molecule has 0 aliphatic carbocycles. The summed E-state index contributed by atoms with van der Waals surface area (Å²) >= 11 is 0. The average molecular weight is 222 g/mol. The molecule has 2 nitrogen and oxygen atoms in total. The van der Waals surface area contributed by atoms with Crippen LogP contribution >= 0.6 is 0 Å². The van der Waals surface area contributed by atoms with Gasteiger partial charge in [0.25, 0.3) is 0 Å². The van der Waals surface area contributed by atoms with Crippen LogP contribution in [0.15, 0.2) is 0 Å². The molecule has 0 aliphatic rings. The molecule has 0 saturated carbocycles. The van der Waals surface area contributed by atoms with Gasteiger partial charge in [-0.15, -0.1) is 0 Å². The van der Waals surface area contributed by atoms with Gasteiger partial charge >= 0.3 is 5.97 Å². The largest absolute Gasteiger partial charge is 0.420 e. The maximum atomic E-state index is 13.0. The summed E-state index contributed by atoms with van der Waals surface area (Å²) in [4.78, 5) is 10.4. The van der Waals surface area contributed by atoms with E-state index in [1.165, 1.54) is 0 Å². The summed E-state index contributed by atoms with van der Waals surface area (Å²) in [7, 11) is 0. The quantitative estimate of drug-likeness (QED) is 0.316. The smallest absolute Gasteiger partial charge is 0.308 e. The number of hydrogen-bond acceptors (Lipinski definition) is 2. The van der Waals surface area contributed by atoms with Gasteiger partial charge in [-0.3, -0.25) is 4.79 Å². The molecule has 1 aromatic rings. The first kappa shape index (κ1) is 11.5. The maximum Gasteiger partial charge on any atom is 0.308 e. The van der Waals surface area contributed by atoms with E-state index in [4.69, 9.17) is 0 Å². The first-order chi connectivity index (χ1) is 6.86. The minimum atomic E-state index is -1.72.